The molecule has 0 aromatic heterocycles. The van der Waals surface area contributed by atoms with Crippen LogP contribution in [0.15, 0.2) is 54.6 Å². The van der Waals surface area contributed by atoms with Crippen LogP contribution in [0.25, 0.3) is 0 Å². The molecule has 1 heterocycles. The molecular weight excluding hydrogens is 334 g/mol. The van der Waals surface area contributed by atoms with Gasteiger partial charge in [-0.1, -0.05) is 54.1 Å². The normalized spacial score (nSPS) is 20.7. The second kappa shape index (κ2) is 6.47. The highest BCUT2D eigenvalue weighted by atomic mass is 35.5. The summed E-state index contributed by atoms with van der Waals surface area (Å²) in [6.45, 7) is 1.71. The van der Waals surface area contributed by atoms with Crippen molar-refractivity contribution in [3.05, 3.63) is 70.7 Å². The van der Waals surface area contributed by atoms with Crippen LogP contribution in [0, 0.1) is 0 Å². The Morgan fingerprint density at radius 2 is 1.52 bits per heavy atom. The van der Waals surface area contributed by atoms with Crippen molar-refractivity contribution < 1.29 is 9.53 Å². The fourth-order valence-electron chi connectivity index (χ4n) is 3.80. The van der Waals surface area contributed by atoms with Crippen LogP contribution in [-0.2, 0) is 20.5 Å². The maximum Gasteiger partial charge on any atom is 0.317 e. The molecule has 1 saturated heterocycles. The first-order valence-electron chi connectivity index (χ1n) is 8.90. The summed E-state index contributed by atoms with van der Waals surface area (Å²) in [5, 5.41) is 4.06. The zero-order valence-electron chi connectivity index (χ0n) is 14.1. The summed E-state index contributed by atoms with van der Waals surface area (Å²) < 4.78 is 6.27. The van der Waals surface area contributed by atoms with E-state index in [0.29, 0.717) is 5.02 Å². The third-order valence-electron chi connectivity index (χ3n) is 5.54. The van der Waals surface area contributed by atoms with Gasteiger partial charge in [0.25, 0.3) is 0 Å². The molecule has 2 aliphatic rings. The van der Waals surface area contributed by atoms with Gasteiger partial charge in [0, 0.05) is 17.9 Å². The van der Waals surface area contributed by atoms with E-state index in [4.69, 9.17) is 16.3 Å². The zero-order chi connectivity index (χ0) is 17.3. The summed E-state index contributed by atoms with van der Waals surface area (Å²) in [7, 11) is 0. The Bertz CT molecular complexity index is 747. The van der Waals surface area contributed by atoms with Gasteiger partial charge in [0.2, 0.25) is 0 Å². The highest BCUT2D eigenvalue weighted by Gasteiger charge is 2.55. The van der Waals surface area contributed by atoms with Crippen molar-refractivity contribution in [3.8, 4) is 0 Å². The molecule has 0 spiro atoms. The van der Waals surface area contributed by atoms with Gasteiger partial charge >= 0.3 is 5.97 Å². The van der Waals surface area contributed by atoms with Crippen LogP contribution in [0.1, 0.15) is 36.8 Å². The number of halogens is 1. The maximum atomic E-state index is 13.2. The zero-order valence-corrected chi connectivity index (χ0v) is 14.9. The minimum Gasteiger partial charge on any atom is -0.453 e. The summed E-state index contributed by atoms with van der Waals surface area (Å²) in [5.74, 6) is -0.0967. The SMILES string of the molecule is O=C(OC1(c2ccccc2)CCNCC1)C1(c2ccc(Cl)cc2)CC1. The fourth-order valence-corrected chi connectivity index (χ4v) is 3.93. The first-order valence-corrected chi connectivity index (χ1v) is 9.28. The molecule has 2 fully saturated rings. The smallest absolute Gasteiger partial charge is 0.317 e. The highest BCUT2D eigenvalue weighted by molar-refractivity contribution is 6.30. The van der Waals surface area contributed by atoms with Crippen LogP contribution in [0.5, 0.6) is 0 Å². The van der Waals surface area contributed by atoms with E-state index in [-0.39, 0.29) is 5.97 Å². The average Bonchev–Trinajstić information content (AvgIpc) is 3.46. The first kappa shape index (κ1) is 16.6. The van der Waals surface area contributed by atoms with Gasteiger partial charge in [-0.15, -0.1) is 0 Å². The molecule has 1 N–H and O–H groups in total. The second-order valence-electron chi connectivity index (χ2n) is 7.09. The Kier molecular flexibility index (Phi) is 4.30. The van der Waals surface area contributed by atoms with Gasteiger partial charge < -0.3 is 10.1 Å². The number of carbonyl (C=O) groups is 1. The van der Waals surface area contributed by atoms with Crippen LogP contribution in [0.3, 0.4) is 0 Å². The van der Waals surface area contributed by atoms with Crippen molar-refractivity contribution in [1.29, 1.82) is 0 Å². The molecule has 2 aromatic carbocycles. The highest BCUT2D eigenvalue weighted by Crippen LogP contribution is 2.51. The Labute approximate surface area is 153 Å². The summed E-state index contributed by atoms with van der Waals surface area (Å²) in [5.41, 5.74) is 1.10. The standard InChI is InChI=1S/C21H22ClNO2/c22-18-8-6-16(7-9-18)20(10-11-20)19(24)25-21(12-14-23-15-13-21)17-4-2-1-3-5-17/h1-9,23H,10-15H2. The number of hydrogen-bond donors (Lipinski definition) is 1. The lowest BCUT2D eigenvalue weighted by atomic mass is 9.84. The molecule has 0 atom stereocenters. The molecule has 25 heavy (non-hydrogen) atoms. The van der Waals surface area contributed by atoms with Gasteiger partial charge in [0.15, 0.2) is 0 Å². The quantitative estimate of drug-likeness (QED) is 0.835. The second-order valence-corrected chi connectivity index (χ2v) is 7.53. The van der Waals surface area contributed by atoms with Gasteiger partial charge in [-0.05, 0) is 49.2 Å². The molecule has 0 bridgehead atoms. The van der Waals surface area contributed by atoms with Gasteiger partial charge in [0.1, 0.15) is 5.60 Å². The van der Waals surface area contributed by atoms with Gasteiger partial charge in [0.05, 0.1) is 5.41 Å². The lowest BCUT2D eigenvalue weighted by Crippen LogP contribution is -2.44. The lowest BCUT2D eigenvalue weighted by molar-refractivity contribution is -0.167. The number of carbonyl (C=O) groups excluding carboxylic acids is 1. The van der Waals surface area contributed by atoms with Crippen LogP contribution < -0.4 is 5.32 Å². The molecule has 4 rings (SSSR count). The maximum absolute atomic E-state index is 13.2. The monoisotopic (exact) mass is 355 g/mol. The lowest BCUT2D eigenvalue weighted by Gasteiger charge is -2.38. The molecular formula is C21H22ClNO2. The molecule has 0 amide bonds. The van der Waals surface area contributed by atoms with Crippen molar-refractivity contribution in [1.82, 2.24) is 5.32 Å². The van der Waals surface area contributed by atoms with Gasteiger partial charge in [-0.2, -0.15) is 0 Å². The molecule has 1 aliphatic heterocycles. The number of piperidine rings is 1. The molecule has 2 aromatic rings. The van der Waals surface area contributed by atoms with Crippen molar-refractivity contribution in [2.24, 2.45) is 0 Å². The summed E-state index contributed by atoms with van der Waals surface area (Å²) in [6.07, 6.45) is 3.30. The van der Waals surface area contributed by atoms with Crippen LogP contribution in [-0.4, -0.2) is 19.1 Å². The number of benzene rings is 2. The van der Waals surface area contributed by atoms with Crippen LogP contribution in [0.2, 0.25) is 5.02 Å². The van der Waals surface area contributed by atoms with E-state index in [0.717, 1.165) is 49.9 Å². The van der Waals surface area contributed by atoms with Crippen LogP contribution in [0.4, 0.5) is 0 Å². The van der Waals surface area contributed by atoms with Crippen molar-refractivity contribution in [2.45, 2.75) is 36.7 Å². The average molecular weight is 356 g/mol. The van der Waals surface area contributed by atoms with E-state index in [1.165, 1.54) is 0 Å². The van der Waals surface area contributed by atoms with Crippen molar-refractivity contribution >= 4 is 17.6 Å². The third kappa shape index (κ3) is 3.07. The third-order valence-corrected chi connectivity index (χ3v) is 5.79. The van der Waals surface area contributed by atoms with Crippen molar-refractivity contribution in [2.75, 3.05) is 13.1 Å². The molecule has 3 nitrogen and oxygen atoms in total. The van der Waals surface area contributed by atoms with Gasteiger partial charge in [-0.25, -0.2) is 0 Å². The summed E-state index contributed by atoms with van der Waals surface area (Å²) in [4.78, 5) is 13.2. The van der Waals surface area contributed by atoms with Crippen molar-refractivity contribution in [3.63, 3.8) is 0 Å². The summed E-state index contributed by atoms with van der Waals surface area (Å²) >= 11 is 6.00. The molecule has 1 aliphatic carbocycles. The van der Waals surface area contributed by atoms with E-state index >= 15 is 0 Å². The van der Waals surface area contributed by atoms with Crippen LogP contribution >= 0.6 is 11.6 Å². The molecule has 1 saturated carbocycles. The number of rotatable bonds is 4. The number of ether oxygens (including phenoxy) is 1. The topological polar surface area (TPSA) is 38.3 Å². The Morgan fingerprint density at radius 3 is 2.12 bits per heavy atom. The van der Waals surface area contributed by atoms with Gasteiger partial charge in [-0.3, -0.25) is 4.79 Å². The molecule has 0 unspecified atom stereocenters. The van der Waals surface area contributed by atoms with E-state index in [1.807, 2.05) is 42.5 Å². The Morgan fingerprint density at radius 1 is 0.880 bits per heavy atom. The summed E-state index contributed by atoms with van der Waals surface area (Å²) in [6, 6.07) is 17.8. The largest absolute Gasteiger partial charge is 0.453 e. The van der Waals surface area contributed by atoms with E-state index < -0.39 is 11.0 Å². The Balaban J connectivity index is 1.62. The predicted octanol–water partition coefficient (Wildman–Crippen LogP) is 4.19. The fraction of sp³-hybridized carbons (Fsp3) is 0.381. The number of nitrogens with one attached hydrogen (secondary N) is 1. The van der Waals surface area contributed by atoms with E-state index in [1.54, 1.807) is 0 Å². The minimum absolute atomic E-state index is 0.0967. The number of esters is 1. The Hall–Kier alpha value is -1.84. The predicted molar refractivity (Wildman–Crippen MR) is 98.7 cm³/mol. The number of hydrogen-bond acceptors (Lipinski definition) is 3. The van der Waals surface area contributed by atoms with E-state index in [9.17, 15) is 4.79 Å². The molecule has 0 radical (unpaired) electrons. The molecule has 130 valence electrons. The van der Waals surface area contributed by atoms with E-state index in [2.05, 4.69) is 17.4 Å². The molecule has 4 heteroatoms. The first-order chi connectivity index (χ1) is 12.1. The minimum atomic E-state index is -0.522.